The minimum atomic E-state index is -1.74. The van der Waals surface area contributed by atoms with E-state index in [1.807, 2.05) is 61.0 Å². The summed E-state index contributed by atoms with van der Waals surface area (Å²) < 4.78 is 9.99. The zero-order valence-corrected chi connectivity index (χ0v) is 21.3. The van der Waals surface area contributed by atoms with Gasteiger partial charge in [-0.3, -0.25) is 9.36 Å². The molecule has 33 heavy (non-hydrogen) atoms. The Morgan fingerprint density at radius 1 is 0.848 bits per heavy atom. The monoisotopic (exact) mass is 460 g/mol. The SMILES string of the molecule is Cn1cc(-c2cccc(-c3ncc(-c4cnn(CCO[Si](C)(C)C(C)(C)C)c4)cn3)c2)cn1. The lowest BCUT2D eigenvalue weighted by Crippen LogP contribution is -2.41. The minimum absolute atomic E-state index is 0.207. The second-order valence-corrected chi connectivity index (χ2v) is 14.7. The van der Waals surface area contributed by atoms with Crippen molar-refractivity contribution in [1.82, 2.24) is 29.5 Å². The molecule has 0 atom stereocenters. The highest BCUT2D eigenvalue weighted by Crippen LogP contribution is 2.36. The van der Waals surface area contributed by atoms with Crippen molar-refractivity contribution in [3.63, 3.8) is 0 Å². The summed E-state index contributed by atoms with van der Waals surface area (Å²) in [6.07, 6.45) is 11.4. The van der Waals surface area contributed by atoms with Crippen LogP contribution in [0.25, 0.3) is 33.6 Å². The maximum Gasteiger partial charge on any atom is 0.192 e. The summed E-state index contributed by atoms with van der Waals surface area (Å²) in [5, 5.41) is 8.95. The molecule has 0 amide bonds. The van der Waals surface area contributed by atoms with E-state index in [1.54, 1.807) is 4.68 Å². The smallest absolute Gasteiger partial charge is 0.192 e. The molecule has 0 bridgehead atoms. The highest BCUT2D eigenvalue weighted by molar-refractivity contribution is 6.74. The Kier molecular flexibility index (Phi) is 6.31. The Labute approximate surface area is 196 Å². The Morgan fingerprint density at radius 2 is 1.52 bits per heavy atom. The van der Waals surface area contributed by atoms with Gasteiger partial charge in [0.05, 0.1) is 25.5 Å². The molecule has 0 spiro atoms. The van der Waals surface area contributed by atoms with Gasteiger partial charge in [0.25, 0.3) is 0 Å². The number of hydrogen-bond donors (Lipinski definition) is 0. The van der Waals surface area contributed by atoms with Crippen molar-refractivity contribution in [2.24, 2.45) is 7.05 Å². The molecule has 0 aliphatic heterocycles. The lowest BCUT2D eigenvalue weighted by Gasteiger charge is -2.36. The van der Waals surface area contributed by atoms with Gasteiger partial charge in [-0.1, -0.05) is 39.0 Å². The van der Waals surface area contributed by atoms with Gasteiger partial charge in [0, 0.05) is 54.1 Å². The average Bonchev–Trinajstić information content (AvgIpc) is 3.42. The lowest BCUT2D eigenvalue weighted by atomic mass is 10.1. The maximum atomic E-state index is 6.27. The zero-order chi connectivity index (χ0) is 23.6. The number of rotatable bonds is 7. The van der Waals surface area contributed by atoms with E-state index in [1.165, 1.54) is 0 Å². The highest BCUT2D eigenvalue weighted by Gasteiger charge is 2.36. The molecule has 7 nitrogen and oxygen atoms in total. The molecule has 0 N–H and O–H groups in total. The summed E-state index contributed by atoms with van der Waals surface area (Å²) in [5.41, 5.74) is 5.08. The van der Waals surface area contributed by atoms with Crippen LogP contribution in [0.1, 0.15) is 20.8 Å². The Balaban J connectivity index is 1.43. The first-order valence-corrected chi connectivity index (χ1v) is 14.1. The number of aromatic nitrogens is 6. The van der Waals surface area contributed by atoms with E-state index in [9.17, 15) is 0 Å². The molecular weight excluding hydrogens is 428 g/mol. The van der Waals surface area contributed by atoms with Crippen molar-refractivity contribution in [3.05, 3.63) is 61.4 Å². The van der Waals surface area contributed by atoms with E-state index >= 15 is 0 Å². The third-order valence-corrected chi connectivity index (χ3v) is 10.9. The van der Waals surface area contributed by atoms with Crippen molar-refractivity contribution in [3.8, 4) is 33.6 Å². The van der Waals surface area contributed by atoms with E-state index in [0.29, 0.717) is 12.4 Å². The van der Waals surface area contributed by atoms with Crippen LogP contribution in [0.2, 0.25) is 18.1 Å². The van der Waals surface area contributed by atoms with Crippen molar-refractivity contribution in [2.75, 3.05) is 6.61 Å². The normalized spacial score (nSPS) is 12.3. The van der Waals surface area contributed by atoms with Crippen LogP contribution in [0.3, 0.4) is 0 Å². The van der Waals surface area contributed by atoms with Gasteiger partial charge in [0.15, 0.2) is 14.1 Å². The molecule has 1 aromatic carbocycles. The fourth-order valence-corrected chi connectivity index (χ4v) is 4.31. The first-order chi connectivity index (χ1) is 15.6. The third kappa shape index (κ3) is 5.28. The summed E-state index contributed by atoms with van der Waals surface area (Å²) in [7, 11) is 0.171. The van der Waals surface area contributed by atoms with Gasteiger partial charge in [-0.15, -0.1) is 0 Å². The third-order valence-electron chi connectivity index (χ3n) is 6.37. The molecular formula is C25H32N6OSi. The highest BCUT2D eigenvalue weighted by atomic mass is 28.4. The predicted molar refractivity (Wildman–Crippen MR) is 134 cm³/mol. The Bertz CT molecular complexity index is 1220. The Hall–Kier alpha value is -3.10. The molecule has 0 unspecified atom stereocenters. The first-order valence-electron chi connectivity index (χ1n) is 11.2. The molecule has 0 aliphatic carbocycles. The fourth-order valence-electron chi connectivity index (χ4n) is 3.28. The van der Waals surface area contributed by atoms with Crippen LogP contribution < -0.4 is 0 Å². The number of hydrogen-bond acceptors (Lipinski definition) is 5. The van der Waals surface area contributed by atoms with E-state index in [2.05, 4.69) is 66.2 Å². The summed E-state index contributed by atoms with van der Waals surface area (Å²) in [6.45, 7) is 12.7. The summed E-state index contributed by atoms with van der Waals surface area (Å²) in [6, 6.07) is 8.20. The van der Waals surface area contributed by atoms with Gasteiger partial charge >= 0.3 is 0 Å². The molecule has 0 radical (unpaired) electrons. The second-order valence-electron chi connectivity index (χ2n) is 9.88. The van der Waals surface area contributed by atoms with E-state index < -0.39 is 8.32 Å². The number of benzene rings is 1. The van der Waals surface area contributed by atoms with Gasteiger partial charge in [-0.2, -0.15) is 10.2 Å². The largest absolute Gasteiger partial charge is 0.415 e. The number of nitrogens with zero attached hydrogens (tertiary/aromatic N) is 6. The van der Waals surface area contributed by atoms with Crippen LogP contribution in [0.4, 0.5) is 0 Å². The average molecular weight is 461 g/mol. The van der Waals surface area contributed by atoms with Crippen LogP contribution in [0.15, 0.2) is 61.4 Å². The quantitative estimate of drug-likeness (QED) is 0.344. The van der Waals surface area contributed by atoms with E-state index in [4.69, 9.17) is 4.43 Å². The lowest BCUT2D eigenvalue weighted by molar-refractivity contribution is 0.266. The van der Waals surface area contributed by atoms with Crippen LogP contribution in [-0.2, 0) is 18.0 Å². The topological polar surface area (TPSA) is 70.7 Å². The predicted octanol–water partition coefficient (Wildman–Crippen LogP) is 5.43. The Morgan fingerprint density at radius 3 is 2.18 bits per heavy atom. The second kappa shape index (κ2) is 9.03. The fraction of sp³-hybridized carbons (Fsp3) is 0.360. The molecule has 0 saturated heterocycles. The summed E-state index contributed by atoms with van der Waals surface area (Å²) in [4.78, 5) is 9.22. The van der Waals surface area contributed by atoms with E-state index in [0.717, 1.165) is 34.4 Å². The summed E-state index contributed by atoms with van der Waals surface area (Å²) in [5.74, 6) is 0.694. The molecule has 0 saturated carbocycles. The van der Waals surface area contributed by atoms with Gasteiger partial charge < -0.3 is 4.43 Å². The molecule has 0 aliphatic rings. The van der Waals surface area contributed by atoms with Gasteiger partial charge in [-0.05, 0) is 29.8 Å². The standard InChI is InChI=1S/C25H32N6OSi/c1-25(2,3)33(5,6)32-11-10-31-18-23(16-29-31)21-13-26-24(27-14-21)20-9-7-8-19(12-20)22-15-28-30(4)17-22/h7-9,12-18H,10-11H2,1-6H3. The molecule has 3 aromatic heterocycles. The molecule has 0 fully saturated rings. The first kappa shape index (κ1) is 23.1. The minimum Gasteiger partial charge on any atom is -0.415 e. The van der Waals surface area contributed by atoms with Crippen molar-refractivity contribution in [2.45, 2.75) is 45.4 Å². The molecule has 3 heterocycles. The van der Waals surface area contributed by atoms with Crippen LogP contribution in [0.5, 0.6) is 0 Å². The van der Waals surface area contributed by atoms with E-state index in [-0.39, 0.29) is 5.04 Å². The van der Waals surface area contributed by atoms with Crippen LogP contribution in [0, 0.1) is 0 Å². The molecule has 4 rings (SSSR count). The van der Waals surface area contributed by atoms with Crippen molar-refractivity contribution >= 4 is 8.32 Å². The van der Waals surface area contributed by atoms with Crippen LogP contribution >= 0.6 is 0 Å². The molecule has 8 heteroatoms. The molecule has 4 aromatic rings. The maximum absolute atomic E-state index is 6.27. The zero-order valence-electron chi connectivity index (χ0n) is 20.3. The van der Waals surface area contributed by atoms with Gasteiger partial charge in [0.1, 0.15) is 0 Å². The summed E-state index contributed by atoms with van der Waals surface area (Å²) >= 11 is 0. The van der Waals surface area contributed by atoms with Crippen molar-refractivity contribution < 1.29 is 4.43 Å². The van der Waals surface area contributed by atoms with Crippen LogP contribution in [-0.4, -0.2) is 44.5 Å². The van der Waals surface area contributed by atoms with Crippen molar-refractivity contribution in [1.29, 1.82) is 0 Å². The molecule has 172 valence electrons. The number of aryl methyl sites for hydroxylation is 1. The van der Waals surface area contributed by atoms with Gasteiger partial charge in [-0.25, -0.2) is 9.97 Å². The van der Waals surface area contributed by atoms with Gasteiger partial charge in [0.2, 0.25) is 0 Å².